The highest BCUT2D eigenvalue weighted by Crippen LogP contribution is 2.39. The van der Waals surface area contributed by atoms with Crippen molar-refractivity contribution in [2.75, 3.05) is 12.4 Å². The van der Waals surface area contributed by atoms with Crippen LogP contribution < -0.4 is 14.8 Å². The summed E-state index contributed by atoms with van der Waals surface area (Å²) in [7, 11) is 1.46. The first-order valence-electron chi connectivity index (χ1n) is 21.2. The van der Waals surface area contributed by atoms with Crippen LogP contribution >= 0.6 is 45.2 Å². The quantitative estimate of drug-likeness (QED) is 0.0595. The number of esters is 1. The van der Waals surface area contributed by atoms with Crippen LogP contribution in [-0.4, -0.2) is 34.4 Å². The van der Waals surface area contributed by atoms with Crippen molar-refractivity contribution in [1.29, 1.82) is 0 Å². The Bertz CT molecular complexity index is 2250. The van der Waals surface area contributed by atoms with E-state index in [1.165, 1.54) is 7.11 Å². The number of benzene rings is 4. The van der Waals surface area contributed by atoms with E-state index < -0.39 is 32.5 Å². The minimum Gasteiger partial charge on any atom is -0.487 e. The molecule has 0 aromatic heterocycles. The van der Waals surface area contributed by atoms with Gasteiger partial charge in [0.25, 0.3) is 17.3 Å². The standard InChI is InChI=1S/C27H36I2O4.C23H29N3O5/c1-16-10-18(12-19(25(30)31-9)15-26(3,4)5)13-21(28)23(16)32-20-11-17(2)24(22(29)14-20)33-27(6,7)8;1-22(2,3)13-15-7-9-17(10-8-15)24-21(27)16-11-19(25(28)29)18(14-23(4,5)6)20(12-16)26(30)31/h10-11,13-14,19H,12,15H2,1-9H3;7-12H,13-14H2,1-6H3,(H,24,27). The summed E-state index contributed by atoms with van der Waals surface area (Å²) < 4.78 is 19.6. The van der Waals surface area contributed by atoms with E-state index in [1.807, 2.05) is 79.7 Å². The maximum absolute atomic E-state index is 12.7. The number of nitrogens with zero attached hydrogens (tertiary/aromatic N) is 2. The lowest BCUT2D eigenvalue weighted by Gasteiger charge is -2.25. The van der Waals surface area contributed by atoms with E-state index in [2.05, 4.69) is 104 Å². The summed E-state index contributed by atoms with van der Waals surface area (Å²) in [5.74, 6) is 1.55. The normalized spacial score (nSPS) is 12.4. The number of nitro groups is 2. The lowest BCUT2D eigenvalue weighted by molar-refractivity contribution is -0.395. The SMILES string of the molecule is CC(C)(C)Cc1ccc(NC(=O)c2cc([N+](=O)[O-])c(CC(C)(C)C)c([N+](=O)[O-])c2)cc1.COC(=O)C(Cc1cc(C)c(Oc2cc(C)c(OC(C)(C)C)c(I)c2)c(I)c1)CC(C)(C)C. The Labute approximate surface area is 406 Å². The summed E-state index contributed by atoms with van der Waals surface area (Å²) in [4.78, 5) is 47.0. The van der Waals surface area contributed by atoms with E-state index in [0.717, 1.165) is 71.6 Å². The Morgan fingerprint density at radius 2 is 1.20 bits per heavy atom. The first-order valence-corrected chi connectivity index (χ1v) is 23.3. The molecule has 1 unspecified atom stereocenters. The monoisotopic (exact) mass is 1110 g/mol. The molecule has 0 aliphatic rings. The van der Waals surface area contributed by atoms with Crippen LogP contribution in [0.5, 0.6) is 17.2 Å². The molecule has 0 saturated heterocycles. The molecule has 0 saturated carbocycles. The van der Waals surface area contributed by atoms with Crippen molar-refractivity contribution in [2.24, 2.45) is 22.2 Å². The molecule has 1 N–H and O–H groups in total. The molecule has 0 heterocycles. The molecule has 4 rings (SSSR count). The van der Waals surface area contributed by atoms with Gasteiger partial charge in [-0.25, -0.2) is 0 Å². The van der Waals surface area contributed by atoms with Crippen LogP contribution in [0.25, 0.3) is 0 Å². The number of carbonyl (C=O) groups is 2. The highest BCUT2D eigenvalue weighted by atomic mass is 127. The number of amides is 1. The molecule has 12 nitrogen and oxygen atoms in total. The Balaban J connectivity index is 0.000000341. The Morgan fingerprint density at radius 3 is 1.64 bits per heavy atom. The van der Waals surface area contributed by atoms with E-state index in [0.29, 0.717) is 12.1 Å². The lowest BCUT2D eigenvalue weighted by Crippen LogP contribution is -2.24. The van der Waals surface area contributed by atoms with Crippen molar-refractivity contribution >= 4 is 74.1 Å². The van der Waals surface area contributed by atoms with E-state index in [9.17, 15) is 29.8 Å². The van der Waals surface area contributed by atoms with Crippen LogP contribution in [0.1, 0.15) is 128 Å². The molecule has 4 aromatic carbocycles. The minimum absolute atomic E-state index is 0.0191. The second kappa shape index (κ2) is 21.8. The van der Waals surface area contributed by atoms with Gasteiger partial charge in [-0.2, -0.15) is 0 Å². The van der Waals surface area contributed by atoms with Crippen LogP contribution in [0, 0.1) is 63.4 Å². The topological polar surface area (TPSA) is 160 Å². The number of aryl methyl sites for hydroxylation is 2. The van der Waals surface area contributed by atoms with Gasteiger partial charge in [-0.3, -0.25) is 29.8 Å². The molecule has 0 radical (unpaired) electrons. The van der Waals surface area contributed by atoms with Gasteiger partial charge in [0.05, 0.1) is 35.6 Å². The third-order valence-corrected chi connectivity index (χ3v) is 11.1. The molecular weight excluding hydrogens is 1040 g/mol. The fourth-order valence-electron chi connectivity index (χ4n) is 7.12. The summed E-state index contributed by atoms with van der Waals surface area (Å²) in [6, 6.07) is 17.8. The van der Waals surface area contributed by atoms with Crippen molar-refractivity contribution in [3.05, 3.63) is 121 Å². The molecule has 1 amide bonds. The predicted molar refractivity (Wildman–Crippen MR) is 272 cm³/mol. The van der Waals surface area contributed by atoms with E-state index in [1.54, 1.807) is 12.1 Å². The van der Waals surface area contributed by atoms with Crippen LogP contribution in [0.4, 0.5) is 17.1 Å². The number of nitrogens with one attached hydrogen (secondary N) is 1. The average Bonchev–Trinajstić information content (AvgIpc) is 3.12. The number of hydrogen-bond donors (Lipinski definition) is 1. The van der Waals surface area contributed by atoms with Crippen molar-refractivity contribution in [3.8, 4) is 17.2 Å². The largest absolute Gasteiger partial charge is 0.487 e. The van der Waals surface area contributed by atoms with Gasteiger partial charge in [0.2, 0.25) is 0 Å². The molecule has 1 atom stereocenters. The van der Waals surface area contributed by atoms with Crippen molar-refractivity contribution in [3.63, 3.8) is 0 Å². The molecule has 64 heavy (non-hydrogen) atoms. The summed E-state index contributed by atoms with van der Waals surface area (Å²) in [6.45, 7) is 28.6. The number of hydrogen-bond acceptors (Lipinski definition) is 9. The van der Waals surface area contributed by atoms with Crippen molar-refractivity contribution in [2.45, 2.75) is 128 Å². The molecule has 14 heteroatoms. The van der Waals surface area contributed by atoms with Crippen molar-refractivity contribution in [1.82, 2.24) is 0 Å². The highest BCUT2D eigenvalue weighted by Gasteiger charge is 2.32. The second-order valence-corrected chi connectivity index (χ2v) is 23.2. The molecule has 0 spiro atoms. The van der Waals surface area contributed by atoms with Gasteiger partial charge in [0.1, 0.15) is 28.4 Å². The van der Waals surface area contributed by atoms with Gasteiger partial charge in [-0.1, -0.05) is 80.5 Å². The van der Waals surface area contributed by atoms with Crippen LogP contribution in [0.15, 0.2) is 60.7 Å². The summed E-state index contributed by atoms with van der Waals surface area (Å²) >= 11 is 4.61. The molecule has 4 aromatic rings. The number of ether oxygens (including phenoxy) is 3. The van der Waals surface area contributed by atoms with Crippen molar-refractivity contribution < 1.29 is 33.6 Å². The number of anilines is 1. The lowest BCUT2D eigenvalue weighted by atomic mass is 9.82. The zero-order valence-electron chi connectivity index (χ0n) is 40.0. The van der Waals surface area contributed by atoms with E-state index in [-0.39, 0.29) is 45.9 Å². The fraction of sp³-hybridized carbons (Fsp3) is 0.480. The number of rotatable bonds is 13. The third-order valence-electron chi connectivity index (χ3n) is 9.51. The smallest absolute Gasteiger partial charge is 0.309 e. The van der Waals surface area contributed by atoms with Crippen LogP contribution in [0.2, 0.25) is 0 Å². The van der Waals surface area contributed by atoms with Crippen LogP contribution in [-0.2, 0) is 28.8 Å². The molecular formula is C50H65I2N3O9. The number of nitro benzene ring substituents is 2. The Kier molecular flexibility index (Phi) is 18.4. The Hall–Kier alpha value is -4.32. The number of halogens is 2. The van der Waals surface area contributed by atoms with Gasteiger partial charge in [0, 0.05) is 17.8 Å². The fourth-order valence-corrected chi connectivity index (χ4v) is 8.90. The average molecular weight is 1110 g/mol. The van der Waals surface area contributed by atoms with E-state index >= 15 is 0 Å². The maximum atomic E-state index is 12.7. The first kappa shape index (κ1) is 54.0. The zero-order valence-corrected chi connectivity index (χ0v) is 44.3. The van der Waals surface area contributed by atoms with Gasteiger partial charge >= 0.3 is 5.97 Å². The van der Waals surface area contributed by atoms with Gasteiger partial charge in [-0.15, -0.1) is 0 Å². The zero-order chi connectivity index (χ0) is 48.7. The van der Waals surface area contributed by atoms with Gasteiger partial charge < -0.3 is 19.5 Å². The van der Waals surface area contributed by atoms with E-state index in [4.69, 9.17) is 14.2 Å². The number of carbonyl (C=O) groups excluding carboxylic acids is 2. The Morgan fingerprint density at radius 1 is 0.688 bits per heavy atom. The summed E-state index contributed by atoms with van der Waals surface area (Å²) in [5.41, 5.74) is 3.36. The maximum Gasteiger partial charge on any atom is 0.309 e. The minimum atomic E-state index is -0.674. The van der Waals surface area contributed by atoms with Gasteiger partial charge in [0.15, 0.2) is 0 Å². The van der Waals surface area contributed by atoms with Gasteiger partial charge in [-0.05, 0) is 174 Å². The predicted octanol–water partition coefficient (Wildman–Crippen LogP) is 14.2. The second-order valence-electron chi connectivity index (χ2n) is 20.9. The molecule has 0 aliphatic heterocycles. The third kappa shape index (κ3) is 17.2. The number of methoxy groups -OCH3 is 1. The van der Waals surface area contributed by atoms with Crippen LogP contribution in [0.3, 0.4) is 0 Å². The first-order chi connectivity index (χ1) is 29.3. The molecule has 0 bridgehead atoms. The highest BCUT2D eigenvalue weighted by molar-refractivity contribution is 14.1. The summed E-state index contributed by atoms with van der Waals surface area (Å²) in [6.07, 6.45) is 2.43. The molecule has 0 aliphatic carbocycles. The summed E-state index contributed by atoms with van der Waals surface area (Å²) in [5, 5.41) is 25.9. The molecule has 348 valence electrons. The molecule has 0 fully saturated rings.